The van der Waals surface area contributed by atoms with Crippen molar-refractivity contribution in [3.05, 3.63) is 48.5 Å². The van der Waals surface area contributed by atoms with Crippen LogP contribution in [-0.4, -0.2) is 85.9 Å². The van der Waals surface area contributed by atoms with Gasteiger partial charge in [-0.15, -0.1) is 94.1 Å². The van der Waals surface area contributed by atoms with E-state index in [9.17, 15) is 0 Å². The number of fused-ring (bicyclic) bond motifs is 20. The van der Waals surface area contributed by atoms with Gasteiger partial charge in [0.25, 0.3) is 0 Å². The number of rotatable bonds is 32. The maximum Gasteiger partial charge on any atom is 0.164 e. The number of hydrogen-bond donors (Lipinski definition) is 2. The molecule has 0 aliphatic carbocycles. The zero-order valence-electron chi connectivity index (χ0n) is 48.5. The Kier molecular flexibility index (Phi) is 24.1. The van der Waals surface area contributed by atoms with E-state index in [4.69, 9.17) is 29.9 Å². The lowest BCUT2D eigenvalue weighted by Crippen LogP contribution is -1.90. The first-order valence-corrected chi connectivity index (χ1v) is 37.8. The molecule has 2 aliphatic rings. The van der Waals surface area contributed by atoms with Crippen LogP contribution in [0.25, 0.3) is 89.7 Å². The summed E-state index contributed by atoms with van der Waals surface area (Å²) in [6.07, 6.45) is 18.6. The Hall–Kier alpha value is -2.96. The van der Waals surface area contributed by atoms with Gasteiger partial charge in [-0.05, 0) is 146 Å². The van der Waals surface area contributed by atoms with E-state index in [2.05, 4.69) is 114 Å². The van der Waals surface area contributed by atoms with Crippen molar-refractivity contribution in [3.8, 4) is 45.6 Å². The van der Waals surface area contributed by atoms with E-state index in [0.29, 0.717) is 23.3 Å². The van der Waals surface area contributed by atoms with E-state index in [1.165, 1.54) is 39.2 Å². The second-order valence-electron chi connectivity index (χ2n) is 20.6. The molecule has 4 aromatic carbocycles. The van der Waals surface area contributed by atoms with E-state index in [-0.39, 0.29) is 0 Å². The van der Waals surface area contributed by atoms with Gasteiger partial charge in [0.2, 0.25) is 0 Å². The predicted molar refractivity (Wildman–Crippen MR) is 361 cm³/mol. The summed E-state index contributed by atoms with van der Waals surface area (Å²) in [6.45, 7) is 18.2. The summed E-state index contributed by atoms with van der Waals surface area (Å²) < 4.78 is 0. The van der Waals surface area contributed by atoms with E-state index >= 15 is 0 Å². The standard InChI is InChI=1S/C64H82N8S8/c1-9-17-25-73-49-33-41-42(34-50(49)74-26-18-10-2)58-65-57(41)69-59-43-35-51(75-27-19-11-3)52(76-28-20-12-4)36-44(43)61(66-59)71-63-47-39-55(79-31-23-15-7)56(80-32-24-16-8)40-48(47)64(68-63)72-62-46-38-54(78-30-22-14-6)53(77-29-21-13-5)37-45(46)60(67-62)70-58/h33-40H,9-32H2,1-8H3,(H2,65,66,67,68,69,70,71,72). The summed E-state index contributed by atoms with van der Waals surface area (Å²) in [6, 6.07) is 19.0. The first-order valence-electron chi connectivity index (χ1n) is 29.9. The molecule has 0 atom stereocenters. The highest BCUT2D eigenvalue weighted by Crippen LogP contribution is 2.47. The Morgan fingerprint density at radius 1 is 0.250 bits per heavy atom. The van der Waals surface area contributed by atoms with Gasteiger partial charge < -0.3 is 9.97 Å². The largest absolute Gasteiger partial charge is 0.324 e. The highest BCUT2D eigenvalue weighted by molar-refractivity contribution is 8.03. The zero-order chi connectivity index (χ0) is 55.8. The fourth-order valence-corrected chi connectivity index (χ4v) is 19.2. The fraction of sp³-hybridized carbons (Fsp3) is 0.500. The van der Waals surface area contributed by atoms with E-state index in [0.717, 1.165) is 215 Å². The lowest BCUT2D eigenvalue weighted by molar-refractivity contribution is 0.893. The molecule has 0 fully saturated rings. The molecule has 8 nitrogen and oxygen atoms in total. The summed E-state index contributed by atoms with van der Waals surface area (Å²) in [7, 11) is 0. The molecule has 80 heavy (non-hydrogen) atoms. The Balaban J connectivity index is 1.41. The van der Waals surface area contributed by atoms with Gasteiger partial charge in [0.15, 0.2) is 23.3 Å². The molecule has 2 aliphatic heterocycles. The van der Waals surface area contributed by atoms with Crippen LogP contribution >= 0.6 is 94.1 Å². The van der Waals surface area contributed by atoms with Gasteiger partial charge in [-0.2, -0.15) is 0 Å². The molecule has 0 spiro atoms. The minimum atomic E-state index is 0.664. The maximum absolute atomic E-state index is 5.66. The number of unbranched alkanes of at least 4 members (excludes halogenated alkanes) is 8. The quantitative estimate of drug-likeness (QED) is 0.0308. The molecule has 0 amide bonds. The van der Waals surface area contributed by atoms with Crippen LogP contribution < -0.4 is 0 Å². The number of thioether (sulfide) groups is 8. The lowest BCUT2D eigenvalue weighted by atomic mass is 10.1. The summed E-state index contributed by atoms with van der Waals surface area (Å²) in [5.41, 5.74) is 7.05. The van der Waals surface area contributed by atoms with Crippen LogP contribution in [0.1, 0.15) is 158 Å². The minimum absolute atomic E-state index is 0.664. The Labute approximate surface area is 511 Å². The number of H-pyrrole nitrogens is 2. The van der Waals surface area contributed by atoms with Gasteiger partial charge in [0, 0.05) is 83.0 Å². The zero-order valence-corrected chi connectivity index (χ0v) is 55.1. The SMILES string of the molecule is CCCCSc1cc2c(cc1SCCCC)-c1nc-2nc2[nH]c(nc3nc(nc4[nH]c(n1)c1cc(SCCCC)c(SCCCC)cc41)-c1cc(SCCCC)c(SCCCC)cc1-3)c1cc(SCCCC)c(SCCCC)cc21. The average Bonchev–Trinajstić information content (AvgIpc) is 4.23. The molecule has 0 unspecified atom stereocenters. The van der Waals surface area contributed by atoms with Gasteiger partial charge in [0.1, 0.15) is 22.6 Å². The molecule has 16 heteroatoms. The van der Waals surface area contributed by atoms with Crippen molar-refractivity contribution in [2.24, 2.45) is 0 Å². The number of benzene rings is 4. The van der Waals surface area contributed by atoms with Crippen LogP contribution in [-0.2, 0) is 0 Å². The number of nitrogens with zero attached hydrogens (tertiary/aromatic N) is 6. The predicted octanol–water partition coefficient (Wildman–Crippen LogP) is 22.0. The summed E-state index contributed by atoms with van der Waals surface area (Å²) in [5.74, 6) is 11.2. The van der Waals surface area contributed by atoms with Crippen LogP contribution in [0, 0.1) is 0 Å². The van der Waals surface area contributed by atoms with E-state index in [1.54, 1.807) is 0 Å². The van der Waals surface area contributed by atoms with Gasteiger partial charge in [0.05, 0.1) is 0 Å². The maximum atomic E-state index is 5.66. The second kappa shape index (κ2) is 31.3. The molecule has 8 bridgehead atoms. The van der Waals surface area contributed by atoms with Crippen molar-refractivity contribution in [2.75, 3.05) is 46.0 Å². The third-order valence-corrected chi connectivity index (χ3v) is 23.8. The Morgan fingerprint density at radius 3 is 0.600 bits per heavy atom. The van der Waals surface area contributed by atoms with Gasteiger partial charge >= 0.3 is 0 Å². The molecule has 0 saturated carbocycles. The molecular formula is C64H82N8S8. The molecule has 426 valence electrons. The minimum Gasteiger partial charge on any atom is -0.324 e. The summed E-state index contributed by atoms with van der Waals surface area (Å²) >= 11 is 15.7. The Bertz CT molecular complexity index is 2960. The van der Waals surface area contributed by atoms with Crippen molar-refractivity contribution < 1.29 is 0 Å². The highest BCUT2D eigenvalue weighted by Gasteiger charge is 2.27. The molecular weight excluding hydrogens is 1140 g/mol. The van der Waals surface area contributed by atoms with Gasteiger partial charge in [-0.3, -0.25) is 0 Å². The number of nitrogens with one attached hydrogen (secondary N) is 2. The highest BCUT2D eigenvalue weighted by atomic mass is 32.2. The van der Waals surface area contributed by atoms with Crippen molar-refractivity contribution >= 4 is 138 Å². The smallest absolute Gasteiger partial charge is 0.164 e. The molecule has 3 aromatic heterocycles. The van der Waals surface area contributed by atoms with Crippen molar-refractivity contribution in [2.45, 2.75) is 197 Å². The fourth-order valence-electron chi connectivity index (χ4n) is 9.33. The summed E-state index contributed by atoms with van der Waals surface area (Å²) in [5, 5.41) is 4.16. The molecule has 0 radical (unpaired) electrons. The number of hydrogen-bond acceptors (Lipinski definition) is 14. The molecule has 0 saturated heterocycles. The van der Waals surface area contributed by atoms with Crippen molar-refractivity contribution in [1.82, 2.24) is 39.9 Å². The molecule has 2 N–H and O–H groups in total. The van der Waals surface area contributed by atoms with Crippen molar-refractivity contribution in [1.29, 1.82) is 0 Å². The number of aromatic nitrogens is 8. The average molecular weight is 1220 g/mol. The van der Waals surface area contributed by atoms with Crippen LogP contribution in [0.5, 0.6) is 0 Å². The lowest BCUT2D eigenvalue weighted by Gasteiger charge is -2.12. The van der Waals surface area contributed by atoms with E-state index < -0.39 is 0 Å². The molecule has 5 heterocycles. The Morgan fingerprint density at radius 2 is 0.425 bits per heavy atom. The molecule has 9 rings (SSSR count). The van der Waals surface area contributed by atoms with Gasteiger partial charge in [-0.25, -0.2) is 29.9 Å². The van der Waals surface area contributed by atoms with Crippen LogP contribution in [0.2, 0.25) is 0 Å². The monoisotopic (exact) mass is 1220 g/mol. The van der Waals surface area contributed by atoms with E-state index in [1.807, 2.05) is 94.1 Å². The van der Waals surface area contributed by atoms with Gasteiger partial charge in [-0.1, -0.05) is 107 Å². The normalized spacial score (nSPS) is 12.1. The summed E-state index contributed by atoms with van der Waals surface area (Å²) in [4.78, 5) is 51.8. The van der Waals surface area contributed by atoms with Crippen LogP contribution in [0.3, 0.4) is 0 Å². The number of aromatic amines is 2. The second-order valence-corrected chi connectivity index (χ2v) is 29.7. The molecule has 7 aromatic rings. The van der Waals surface area contributed by atoms with Crippen LogP contribution in [0.15, 0.2) is 87.7 Å². The third kappa shape index (κ3) is 15.1. The topological polar surface area (TPSA) is 109 Å². The third-order valence-electron chi connectivity index (χ3n) is 14.1. The van der Waals surface area contributed by atoms with Crippen LogP contribution in [0.4, 0.5) is 0 Å². The van der Waals surface area contributed by atoms with Crippen molar-refractivity contribution in [3.63, 3.8) is 0 Å². The first kappa shape index (κ1) is 61.6. The first-order chi connectivity index (χ1) is 39.3.